The highest BCUT2D eigenvalue weighted by molar-refractivity contribution is 4.98. The molecule has 1 nitrogen and oxygen atoms in total. The molecule has 64 valence electrons. The van der Waals surface area contributed by atoms with Crippen LogP contribution in [-0.2, 0) is 4.74 Å². The maximum absolute atomic E-state index is 5.76. The Hall–Kier alpha value is -0.0400. The fraction of sp³-hybridized carbons (Fsp3) is 1.00. The van der Waals surface area contributed by atoms with Crippen molar-refractivity contribution in [1.29, 1.82) is 0 Å². The fourth-order valence-corrected chi connectivity index (χ4v) is 2.77. The molecule has 11 heavy (non-hydrogen) atoms. The molecule has 1 spiro atoms. The number of rotatable bonds is 2. The van der Waals surface area contributed by atoms with Gasteiger partial charge in [0.25, 0.3) is 0 Å². The van der Waals surface area contributed by atoms with Gasteiger partial charge < -0.3 is 4.74 Å². The Bertz CT molecular complexity index is 138. The van der Waals surface area contributed by atoms with Crippen molar-refractivity contribution in [2.45, 2.75) is 51.6 Å². The molecule has 2 saturated carbocycles. The average Bonchev–Trinajstić information content (AvgIpc) is 2.31. The highest BCUT2D eigenvalue weighted by atomic mass is 16.5. The highest BCUT2D eigenvalue weighted by Gasteiger charge is 2.47. The maximum Gasteiger partial charge on any atom is 0.0631 e. The molecule has 2 aliphatic carbocycles. The van der Waals surface area contributed by atoms with Gasteiger partial charge in [-0.25, -0.2) is 0 Å². The summed E-state index contributed by atoms with van der Waals surface area (Å²) in [5, 5.41) is 0. The van der Waals surface area contributed by atoms with Gasteiger partial charge >= 0.3 is 0 Å². The minimum absolute atomic E-state index is 0.626. The Labute approximate surface area is 69.1 Å². The van der Waals surface area contributed by atoms with E-state index >= 15 is 0 Å². The van der Waals surface area contributed by atoms with Gasteiger partial charge in [-0.05, 0) is 38.0 Å². The third-order valence-corrected chi connectivity index (χ3v) is 3.54. The van der Waals surface area contributed by atoms with Gasteiger partial charge in [0, 0.05) is 6.61 Å². The van der Waals surface area contributed by atoms with E-state index in [4.69, 9.17) is 4.74 Å². The molecule has 2 aliphatic rings. The first kappa shape index (κ1) is 7.60. The Kier molecular flexibility index (Phi) is 1.92. The van der Waals surface area contributed by atoms with E-state index in [1.54, 1.807) is 0 Å². The van der Waals surface area contributed by atoms with E-state index in [2.05, 4.69) is 6.92 Å². The first-order chi connectivity index (χ1) is 5.37. The predicted molar refractivity (Wildman–Crippen MR) is 45.5 cm³/mol. The lowest BCUT2D eigenvalue weighted by molar-refractivity contribution is -0.0560. The van der Waals surface area contributed by atoms with Crippen molar-refractivity contribution in [3.8, 4) is 0 Å². The Morgan fingerprint density at radius 3 is 2.55 bits per heavy atom. The first-order valence-corrected chi connectivity index (χ1v) is 4.99. The molecule has 0 aromatic heterocycles. The smallest absolute Gasteiger partial charge is 0.0631 e. The van der Waals surface area contributed by atoms with Crippen molar-refractivity contribution in [2.75, 3.05) is 6.61 Å². The summed E-state index contributed by atoms with van der Waals surface area (Å²) in [6, 6.07) is 0. The van der Waals surface area contributed by atoms with E-state index in [1.165, 1.54) is 38.5 Å². The van der Waals surface area contributed by atoms with Crippen LogP contribution in [0.5, 0.6) is 0 Å². The molecule has 2 rings (SSSR count). The van der Waals surface area contributed by atoms with Gasteiger partial charge in [0.1, 0.15) is 0 Å². The largest absolute Gasteiger partial charge is 0.378 e. The molecule has 1 heteroatoms. The summed E-state index contributed by atoms with van der Waals surface area (Å²) in [7, 11) is 0. The second-order valence-electron chi connectivity index (χ2n) is 4.05. The van der Waals surface area contributed by atoms with E-state index < -0.39 is 0 Å². The van der Waals surface area contributed by atoms with Gasteiger partial charge in [0.15, 0.2) is 0 Å². The van der Waals surface area contributed by atoms with Crippen LogP contribution in [0.15, 0.2) is 0 Å². The summed E-state index contributed by atoms with van der Waals surface area (Å²) in [4.78, 5) is 0. The Balaban J connectivity index is 1.96. The maximum atomic E-state index is 5.76. The standard InChI is InChI=1S/C10H18O/c1-2-11-9-5-3-6-10(9)7-4-8-10/h9H,2-8H2,1H3. The zero-order chi connectivity index (χ0) is 7.73. The summed E-state index contributed by atoms with van der Waals surface area (Å²) in [6.45, 7) is 3.02. The molecule has 0 aromatic carbocycles. The van der Waals surface area contributed by atoms with E-state index in [-0.39, 0.29) is 0 Å². The van der Waals surface area contributed by atoms with E-state index in [9.17, 15) is 0 Å². The third kappa shape index (κ3) is 1.10. The van der Waals surface area contributed by atoms with Gasteiger partial charge in [0.05, 0.1) is 6.10 Å². The van der Waals surface area contributed by atoms with Crippen LogP contribution in [-0.4, -0.2) is 12.7 Å². The lowest BCUT2D eigenvalue weighted by Crippen LogP contribution is -2.38. The normalized spacial score (nSPS) is 34.1. The van der Waals surface area contributed by atoms with Crippen LogP contribution in [0.4, 0.5) is 0 Å². The molecular weight excluding hydrogens is 136 g/mol. The average molecular weight is 154 g/mol. The van der Waals surface area contributed by atoms with Crippen molar-refractivity contribution in [3.63, 3.8) is 0 Å². The highest BCUT2D eigenvalue weighted by Crippen LogP contribution is 2.54. The van der Waals surface area contributed by atoms with Crippen LogP contribution in [0, 0.1) is 5.41 Å². The topological polar surface area (TPSA) is 9.23 Å². The molecule has 0 heterocycles. The van der Waals surface area contributed by atoms with Gasteiger partial charge in [-0.1, -0.05) is 12.8 Å². The first-order valence-electron chi connectivity index (χ1n) is 4.99. The second-order valence-corrected chi connectivity index (χ2v) is 4.05. The minimum Gasteiger partial charge on any atom is -0.378 e. The second kappa shape index (κ2) is 2.78. The molecule has 2 fully saturated rings. The van der Waals surface area contributed by atoms with Gasteiger partial charge in [0.2, 0.25) is 0 Å². The van der Waals surface area contributed by atoms with Gasteiger partial charge in [-0.15, -0.1) is 0 Å². The lowest BCUT2D eigenvalue weighted by Gasteiger charge is -2.43. The number of ether oxygens (including phenoxy) is 1. The third-order valence-electron chi connectivity index (χ3n) is 3.54. The predicted octanol–water partition coefficient (Wildman–Crippen LogP) is 2.75. The molecule has 0 aromatic rings. The molecule has 0 radical (unpaired) electrons. The molecule has 1 atom stereocenters. The van der Waals surface area contributed by atoms with Crippen molar-refractivity contribution >= 4 is 0 Å². The van der Waals surface area contributed by atoms with Crippen LogP contribution in [0.25, 0.3) is 0 Å². The quantitative estimate of drug-likeness (QED) is 0.594. The van der Waals surface area contributed by atoms with Crippen LogP contribution >= 0.6 is 0 Å². The van der Waals surface area contributed by atoms with Gasteiger partial charge in [-0.3, -0.25) is 0 Å². The van der Waals surface area contributed by atoms with Crippen molar-refractivity contribution < 1.29 is 4.74 Å². The monoisotopic (exact) mass is 154 g/mol. The Morgan fingerprint density at radius 2 is 2.00 bits per heavy atom. The minimum atomic E-state index is 0.626. The van der Waals surface area contributed by atoms with Crippen LogP contribution in [0.2, 0.25) is 0 Å². The molecule has 1 unspecified atom stereocenters. The number of hydrogen-bond donors (Lipinski definition) is 0. The zero-order valence-corrected chi connectivity index (χ0v) is 7.44. The summed E-state index contributed by atoms with van der Waals surface area (Å²) in [5.41, 5.74) is 0.663. The lowest BCUT2D eigenvalue weighted by atomic mass is 9.66. The van der Waals surface area contributed by atoms with E-state index in [0.29, 0.717) is 11.5 Å². The summed E-state index contributed by atoms with van der Waals surface area (Å²) in [6.07, 6.45) is 9.14. The van der Waals surface area contributed by atoms with E-state index in [1.807, 2.05) is 0 Å². The summed E-state index contributed by atoms with van der Waals surface area (Å²) >= 11 is 0. The molecule has 0 aliphatic heterocycles. The Morgan fingerprint density at radius 1 is 1.27 bits per heavy atom. The fourth-order valence-electron chi connectivity index (χ4n) is 2.77. The SMILES string of the molecule is CCOC1CCCC12CCC2. The molecule has 0 bridgehead atoms. The van der Waals surface area contributed by atoms with Crippen LogP contribution in [0.1, 0.15) is 45.4 Å². The number of hydrogen-bond acceptors (Lipinski definition) is 1. The summed E-state index contributed by atoms with van der Waals surface area (Å²) < 4.78 is 5.76. The zero-order valence-electron chi connectivity index (χ0n) is 7.44. The molecule has 0 N–H and O–H groups in total. The summed E-state index contributed by atoms with van der Waals surface area (Å²) in [5.74, 6) is 0. The molecule has 0 amide bonds. The van der Waals surface area contributed by atoms with Crippen LogP contribution < -0.4 is 0 Å². The van der Waals surface area contributed by atoms with Crippen molar-refractivity contribution in [1.82, 2.24) is 0 Å². The van der Waals surface area contributed by atoms with Crippen molar-refractivity contribution in [2.24, 2.45) is 5.41 Å². The van der Waals surface area contributed by atoms with Crippen molar-refractivity contribution in [3.05, 3.63) is 0 Å². The molecular formula is C10H18O. The molecule has 0 saturated heterocycles. The van der Waals surface area contributed by atoms with E-state index in [0.717, 1.165) is 6.61 Å². The van der Waals surface area contributed by atoms with Crippen LogP contribution in [0.3, 0.4) is 0 Å². The van der Waals surface area contributed by atoms with Gasteiger partial charge in [-0.2, -0.15) is 0 Å².